The van der Waals surface area contributed by atoms with Crippen LogP contribution in [-0.2, 0) is 4.79 Å². The summed E-state index contributed by atoms with van der Waals surface area (Å²) in [5, 5.41) is 3.09. The Hall–Kier alpha value is -1.51. The van der Waals surface area contributed by atoms with Crippen LogP contribution >= 0.6 is 0 Å². The Morgan fingerprint density at radius 2 is 1.95 bits per heavy atom. The second kappa shape index (κ2) is 8.21. The molecule has 1 amide bonds. The SMILES string of the molecule is CCC(Oc1ccc(C)c(C)c1)C(=O)NCC1CCCCC1. The molecule has 0 bridgehead atoms. The predicted octanol–water partition coefficient (Wildman–Crippen LogP) is 4.16. The number of amides is 1. The molecule has 1 unspecified atom stereocenters. The van der Waals surface area contributed by atoms with Gasteiger partial charge in [0.05, 0.1) is 0 Å². The number of carbonyl (C=O) groups excluding carboxylic acids is 1. The Kier molecular flexibility index (Phi) is 6.29. The van der Waals surface area contributed by atoms with Crippen LogP contribution in [0.5, 0.6) is 5.75 Å². The zero-order chi connectivity index (χ0) is 15.9. The summed E-state index contributed by atoms with van der Waals surface area (Å²) in [7, 11) is 0. The van der Waals surface area contributed by atoms with Crippen LogP contribution in [-0.4, -0.2) is 18.6 Å². The Balaban J connectivity index is 1.86. The van der Waals surface area contributed by atoms with Gasteiger partial charge in [0.25, 0.3) is 5.91 Å². The fourth-order valence-electron chi connectivity index (χ4n) is 3.02. The van der Waals surface area contributed by atoms with E-state index in [1.54, 1.807) is 0 Å². The number of nitrogens with one attached hydrogen (secondary N) is 1. The smallest absolute Gasteiger partial charge is 0.261 e. The van der Waals surface area contributed by atoms with Gasteiger partial charge in [-0.1, -0.05) is 32.3 Å². The Labute approximate surface area is 134 Å². The van der Waals surface area contributed by atoms with Gasteiger partial charge in [0.15, 0.2) is 6.10 Å². The molecule has 0 saturated heterocycles. The molecular formula is C19H29NO2. The molecule has 3 nitrogen and oxygen atoms in total. The highest BCUT2D eigenvalue weighted by atomic mass is 16.5. The summed E-state index contributed by atoms with van der Waals surface area (Å²) < 4.78 is 5.89. The summed E-state index contributed by atoms with van der Waals surface area (Å²) in [4.78, 5) is 12.3. The highest BCUT2D eigenvalue weighted by molar-refractivity contribution is 5.81. The zero-order valence-electron chi connectivity index (χ0n) is 14.2. The van der Waals surface area contributed by atoms with Gasteiger partial charge in [0, 0.05) is 6.54 Å². The number of aryl methyl sites for hydroxylation is 2. The van der Waals surface area contributed by atoms with Crippen molar-refractivity contribution in [1.29, 1.82) is 0 Å². The molecule has 1 aliphatic rings. The maximum absolute atomic E-state index is 12.3. The molecule has 0 spiro atoms. The minimum absolute atomic E-state index is 0.0197. The van der Waals surface area contributed by atoms with Crippen molar-refractivity contribution < 1.29 is 9.53 Å². The van der Waals surface area contributed by atoms with E-state index in [9.17, 15) is 4.79 Å². The van der Waals surface area contributed by atoms with E-state index in [0.29, 0.717) is 12.3 Å². The Morgan fingerprint density at radius 3 is 2.59 bits per heavy atom. The van der Waals surface area contributed by atoms with Gasteiger partial charge in [-0.05, 0) is 62.3 Å². The average Bonchev–Trinajstić information content (AvgIpc) is 2.54. The second-order valence-corrected chi connectivity index (χ2v) is 6.51. The fraction of sp³-hybridized carbons (Fsp3) is 0.632. The van der Waals surface area contributed by atoms with Crippen molar-refractivity contribution >= 4 is 5.91 Å². The highest BCUT2D eigenvalue weighted by Crippen LogP contribution is 2.23. The maximum Gasteiger partial charge on any atom is 0.261 e. The molecule has 1 fully saturated rings. The predicted molar refractivity (Wildman–Crippen MR) is 90.2 cm³/mol. The van der Waals surface area contributed by atoms with Crippen LogP contribution in [0.25, 0.3) is 0 Å². The zero-order valence-corrected chi connectivity index (χ0v) is 14.2. The quantitative estimate of drug-likeness (QED) is 0.857. The van der Waals surface area contributed by atoms with Crippen molar-refractivity contribution in [1.82, 2.24) is 5.32 Å². The summed E-state index contributed by atoms with van der Waals surface area (Å²) >= 11 is 0. The van der Waals surface area contributed by atoms with Crippen molar-refractivity contribution in [3.8, 4) is 5.75 Å². The highest BCUT2D eigenvalue weighted by Gasteiger charge is 2.20. The summed E-state index contributed by atoms with van der Waals surface area (Å²) in [6, 6.07) is 5.99. The largest absolute Gasteiger partial charge is 0.481 e. The summed E-state index contributed by atoms with van der Waals surface area (Å²) in [5.74, 6) is 1.45. The third-order valence-corrected chi connectivity index (χ3v) is 4.71. The lowest BCUT2D eigenvalue weighted by molar-refractivity contribution is -0.128. The standard InChI is InChI=1S/C19H29NO2/c1-4-18(22-17-11-10-14(2)15(3)12-17)19(21)20-13-16-8-6-5-7-9-16/h10-12,16,18H,4-9,13H2,1-3H3,(H,20,21). The molecule has 1 aromatic carbocycles. The van der Waals surface area contributed by atoms with E-state index >= 15 is 0 Å². The van der Waals surface area contributed by atoms with Gasteiger partial charge in [0.2, 0.25) is 0 Å². The third-order valence-electron chi connectivity index (χ3n) is 4.71. The molecular weight excluding hydrogens is 274 g/mol. The topological polar surface area (TPSA) is 38.3 Å². The molecule has 1 saturated carbocycles. The molecule has 0 radical (unpaired) electrons. The Morgan fingerprint density at radius 1 is 1.23 bits per heavy atom. The van der Waals surface area contributed by atoms with Crippen LogP contribution in [0.1, 0.15) is 56.6 Å². The number of hydrogen-bond donors (Lipinski definition) is 1. The van der Waals surface area contributed by atoms with Gasteiger partial charge in [-0.15, -0.1) is 0 Å². The van der Waals surface area contributed by atoms with Gasteiger partial charge < -0.3 is 10.1 Å². The van der Waals surface area contributed by atoms with Crippen molar-refractivity contribution in [3.05, 3.63) is 29.3 Å². The first-order valence-electron chi connectivity index (χ1n) is 8.61. The van der Waals surface area contributed by atoms with Crippen LogP contribution in [0, 0.1) is 19.8 Å². The molecule has 0 aromatic heterocycles. The van der Waals surface area contributed by atoms with Crippen LogP contribution in [0.15, 0.2) is 18.2 Å². The van der Waals surface area contributed by atoms with Crippen molar-refractivity contribution in [2.45, 2.75) is 65.4 Å². The van der Waals surface area contributed by atoms with Crippen LogP contribution in [0.4, 0.5) is 0 Å². The molecule has 22 heavy (non-hydrogen) atoms. The normalized spacial score (nSPS) is 17.0. The van der Waals surface area contributed by atoms with Crippen molar-refractivity contribution in [3.63, 3.8) is 0 Å². The average molecular weight is 303 g/mol. The summed E-state index contributed by atoms with van der Waals surface area (Å²) in [6.07, 6.45) is 6.73. The minimum atomic E-state index is -0.398. The first-order valence-corrected chi connectivity index (χ1v) is 8.61. The van der Waals surface area contributed by atoms with Gasteiger partial charge in [-0.2, -0.15) is 0 Å². The molecule has 3 heteroatoms. The van der Waals surface area contributed by atoms with E-state index in [0.717, 1.165) is 12.3 Å². The lowest BCUT2D eigenvalue weighted by atomic mass is 9.89. The number of benzene rings is 1. The molecule has 2 rings (SSSR count). The van der Waals surface area contributed by atoms with E-state index in [4.69, 9.17) is 4.74 Å². The molecule has 0 aliphatic heterocycles. The van der Waals surface area contributed by atoms with Gasteiger partial charge in [0.1, 0.15) is 5.75 Å². The third kappa shape index (κ3) is 4.75. The van der Waals surface area contributed by atoms with Gasteiger partial charge >= 0.3 is 0 Å². The van der Waals surface area contributed by atoms with Gasteiger partial charge in [-0.3, -0.25) is 4.79 Å². The molecule has 1 N–H and O–H groups in total. The summed E-state index contributed by atoms with van der Waals surface area (Å²) in [6.45, 7) is 6.93. The number of ether oxygens (including phenoxy) is 1. The lowest BCUT2D eigenvalue weighted by Crippen LogP contribution is -2.40. The lowest BCUT2D eigenvalue weighted by Gasteiger charge is -2.23. The summed E-state index contributed by atoms with van der Waals surface area (Å²) in [5.41, 5.74) is 2.43. The van der Waals surface area contributed by atoms with Crippen LogP contribution in [0.2, 0.25) is 0 Å². The van der Waals surface area contributed by atoms with E-state index in [-0.39, 0.29) is 5.91 Å². The minimum Gasteiger partial charge on any atom is -0.481 e. The first kappa shape index (κ1) is 16.9. The second-order valence-electron chi connectivity index (χ2n) is 6.51. The molecule has 122 valence electrons. The van der Waals surface area contributed by atoms with E-state index < -0.39 is 6.10 Å². The van der Waals surface area contributed by atoms with E-state index in [1.807, 2.05) is 25.1 Å². The Bertz CT molecular complexity index is 492. The first-order chi connectivity index (χ1) is 10.6. The molecule has 1 aliphatic carbocycles. The van der Waals surface area contributed by atoms with E-state index in [2.05, 4.69) is 19.2 Å². The maximum atomic E-state index is 12.3. The number of hydrogen-bond acceptors (Lipinski definition) is 2. The van der Waals surface area contributed by atoms with Crippen LogP contribution in [0.3, 0.4) is 0 Å². The monoisotopic (exact) mass is 303 g/mol. The molecule has 0 heterocycles. The molecule has 1 atom stereocenters. The van der Waals surface area contributed by atoms with Gasteiger partial charge in [-0.25, -0.2) is 0 Å². The van der Waals surface area contributed by atoms with Crippen LogP contribution < -0.4 is 10.1 Å². The van der Waals surface area contributed by atoms with E-state index in [1.165, 1.54) is 43.2 Å². The number of rotatable bonds is 6. The number of carbonyl (C=O) groups is 1. The van der Waals surface area contributed by atoms with Crippen molar-refractivity contribution in [2.75, 3.05) is 6.54 Å². The molecule has 1 aromatic rings. The van der Waals surface area contributed by atoms with Crippen molar-refractivity contribution in [2.24, 2.45) is 5.92 Å². The fourth-order valence-corrected chi connectivity index (χ4v) is 3.02.